The van der Waals surface area contributed by atoms with Crippen LogP contribution in [0.5, 0.6) is 0 Å². The number of nitrogens with zero attached hydrogens (tertiary/aromatic N) is 4. The lowest BCUT2D eigenvalue weighted by molar-refractivity contribution is -0.00197. The molecule has 4 atom stereocenters. The Morgan fingerprint density at radius 1 is 1.06 bits per heavy atom. The summed E-state index contributed by atoms with van der Waals surface area (Å²) in [4.78, 5) is 17.1. The highest BCUT2D eigenvalue weighted by molar-refractivity contribution is 5.85. The number of fused-ring (bicyclic) bond motifs is 3. The third-order valence-corrected chi connectivity index (χ3v) is 6.58. The second-order valence-electron chi connectivity index (χ2n) is 8.76. The third-order valence-electron chi connectivity index (χ3n) is 6.58. The number of morpholine rings is 2. The molecule has 2 aromatic heterocycles. The SMILES string of the molecule is CC1NCCO[C@@H]1c1nc(N2CC3CCC(C2)O3)nc2cc(-c3ccccc3)ncc12. The summed E-state index contributed by atoms with van der Waals surface area (Å²) in [6.07, 6.45) is 4.59. The summed E-state index contributed by atoms with van der Waals surface area (Å²) < 4.78 is 12.2. The minimum atomic E-state index is -0.125. The summed E-state index contributed by atoms with van der Waals surface area (Å²) in [7, 11) is 0. The first-order chi connectivity index (χ1) is 15.2. The van der Waals surface area contributed by atoms with E-state index in [-0.39, 0.29) is 24.4 Å². The standard InChI is InChI=1S/C24H27N5O2/c1-15-23(30-10-9-25-15)22-19-12-26-20(16-5-3-2-4-6-16)11-21(19)27-24(28-22)29-13-17-7-8-18(14-29)31-17/h2-6,11-12,15,17-18,23,25H,7-10,13-14H2,1H3/t15?,17?,18?,23-/m0/s1. The second kappa shape index (κ2) is 7.82. The first kappa shape index (κ1) is 19.1. The van der Waals surface area contributed by atoms with E-state index in [4.69, 9.17) is 24.4 Å². The molecular weight excluding hydrogens is 390 g/mol. The molecule has 6 rings (SSSR count). The van der Waals surface area contributed by atoms with Crippen LogP contribution < -0.4 is 10.2 Å². The first-order valence-corrected chi connectivity index (χ1v) is 11.2. The van der Waals surface area contributed by atoms with E-state index in [0.29, 0.717) is 6.61 Å². The van der Waals surface area contributed by atoms with Gasteiger partial charge in [-0.15, -0.1) is 0 Å². The van der Waals surface area contributed by atoms with Crippen molar-refractivity contribution in [3.63, 3.8) is 0 Å². The van der Waals surface area contributed by atoms with Gasteiger partial charge in [0.25, 0.3) is 0 Å². The molecule has 31 heavy (non-hydrogen) atoms. The summed E-state index contributed by atoms with van der Waals surface area (Å²) in [6, 6.07) is 12.5. The van der Waals surface area contributed by atoms with Crippen molar-refractivity contribution in [1.29, 1.82) is 0 Å². The minimum absolute atomic E-state index is 0.125. The van der Waals surface area contributed by atoms with E-state index >= 15 is 0 Å². The highest BCUT2D eigenvalue weighted by atomic mass is 16.5. The Kier molecular flexibility index (Phi) is 4.82. The zero-order valence-electron chi connectivity index (χ0n) is 17.7. The van der Waals surface area contributed by atoms with Gasteiger partial charge in [-0.2, -0.15) is 0 Å². The monoisotopic (exact) mass is 417 g/mol. The predicted molar refractivity (Wildman–Crippen MR) is 119 cm³/mol. The van der Waals surface area contributed by atoms with Gasteiger partial charge in [-0.3, -0.25) is 4.98 Å². The predicted octanol–water partition coefficient (Wildman–Crippen LogP) is 3.11. The average molecular weight is 418 g/mol. The average Bonchev–Trinajstić information content (AvgIpc) is 3.16. The molecule has 3 aliphatic rings. The smallest absolute Gasteiger partial charge is 0.226 e. The molecule has 3 fully saturated rings. The van der Waals surface area contributed by atoms with E-state index in [1.807, 2.05) is 24.4 Å². The fourth-order valence-electron chi connectivity index (χ4n) is 4.98. The van der Waals surface area contributed by atoms with E-state index in [1.165, 1.54) is 0 Å². The zero-order chi connectivity index (χ0) is 20.8. The van der Waals surface area contributed by atoms with Crippen molar-refractivity contribution in [3.8, 4) is 11.3 Å². The number of pyridine rings is 1. The molecule has 0 saturated carbocycles. The number of nitrogens with one attached hydrogen (secondary N) is 1. The molecule has 0 spiro atoms. The van der Waals surface area contributed by atoms with Crippen LogP contribution in [0.25, 0.3) is 22.2 Å². The highest BCUT2D eigenvalue weighted by Gasteiger charge is 2.36. The molecule has 3 saturated heterocycles. The molecule has 3 unspecified atom stereocenters. The van der Waals surface area contributed by atoms with Crippen molar-refractivity contribution in [2.24, 2.45) is 0 Å². The van der Waals surface area contributed by atoms with Crippen LogP contribution in [-0.2, 0) is 9.47 Å². The molecule has 5 heterocycles. The fourth-order valence-corrected chi connectivity index (χ4v) is 4.98. The number of anilines is 1. The quantitative estimate of drug-likeness (QED) is 0.702. The lowest BCUT2D eigenvalue weighted by Gasteiger charge is -2.34. The maximum atomic E-state index is 6.17. The van der Waals surface area contributed by atoms with Gasteiger partial charge in [0.1, 0.15) is 6.10 Å². The molecule has 160 valence electrons. The molecule has 7 heteroatoms. The topological polar surface area (TPSA) is 72.4 Å². The molecule has 0 radical (unpaired) electrons. The first-order valence-electron chi connectivity index (χ1n) is 11.2. The van der Waals surface area contributed by atoms with Crippen LogP contribution in [-0.4, -0.2) is 59.4 Å². The van der Waals surface area contributed by atoms with Gasteiger partial charge in [0, 0.05) is 42.8 Å². The normalized spacial score (nSPS) is 28.2. The molecule has 0 aliphatic carbocycles. The van der Waals surface area contributed by atoms with Crippen LogP contribution >= 0.6 is 0 Å². The summed E-state index contributed by atoms with van der Waals surface area (Å²) in [6.45, 7) is 5.37. The Bertz CT molecular complexity index is 1080. The summed E-state index contributed by atoms with van der Waals surface area (Å²) >= 11 is 0. The van der Waals surface area contributed by atoms with Crippen molar-refractivity contribution in [2.75, 3.05) is 31.1 Å². The van der Waals surface area contributed by atoms with Crippen LogP contribution in [0.2, 0.25) is 0 Å². The minimum Gasteiger partial charge on any atom is -0.371 e. The largest absolute Gasteiger partial charge is 0.371 e. The molecule has 1 N–H and O–H groups in total. The van der Waals surface area contributed by atoms with E-state index in [9.17, 15) is 0 Å². The Morgan fingerprint density at radius 3 is 2.65 bits per heavy atom. The van der Waals surface area contributed by atoms with Crippen molar-refractivity contribution in [3.05, 3.63) is 48.3 Å². The van der Waals surface area contributed by atoms with E-state index in [2.05, 4.69) is 35.3 Å². The summed E-state index contributed by atoms with van der Waals surface area (Å²) in [5, 5.41) is 4.47. The van der Waals surface area contributed by atoms with Gasteiger partial charge in [-0.25, -0.2) is 9.97 Å². The lowest BCUT2D eigenvalue weighted by atomic mass is 10.0. The molecule has 3 aromatic rings. The number of rotatable bonds is 3. The number of benzene rings is 1. The van der Waals surface area contributed by atoms with Crippen molar-refractivity contribution < 1.29 is 9.47 Å². The summed E-state index contributed by atoms with van der Waals surface area (Å²) in [5.41, 5.74) is 3.83. The van der Waals surface area contributed by atoms with Crippen LogP contribution in [0.15, 0.2) is 42.6 Å². The van der Waals surface area contributed by atoms with E-state index in [0.717, 1.165) is 66.3 Å². The molecule has 2 bridgehead atoms. The Morgan fingerprint density at radius 2 is 1.87 bits per heavy atom. The molecule has 0 amide bonds. The van der Waals surface area contributed by atoms with Gasteiger partial charge in [-0.05, 0) is 25.8 Å². The maximum Gasteiger partial charge on any atom is 0.226 e. The van der Waals surface area contributed by atoms with Gasteiger partial charge in [-0.1, -0.05) is 30.3 Å². The fraction of sp³-hybridized carbons (Fsp3) is 0.458. The zero-order valence-corrected chi connectivity index (χ0v) is 17.7. The van der Waals surface area contributed by atoms with E-state index in [1.54, 1.807) is 0 Å². The van der Waals surface area contributed by atoms with Gasteiger partial charge in [0.15, 0.2) is 0 Å². The number of hydrogen-bond donors (Lipinski definition) is 1. The van der Waals surface area contributed by atoms with Crippen LogP contribution in [0.3, 0.4) is 0 Å². The second-order valence-corrected chi connectivity index (χ2v) is 8.76. The van der Waals surface area contributed by atoms with Crippen LogP contribution in [0, 0.1) is 0 Å². The number of aromatic nitrogens is 3. The molecular formula is C24H27N5O2. The molecule has 1 aromatic carbocycles. The number of ether oxygens (including phenoxy) is 2. The van der Waals surface area contributed by atoms with E-state index < -0.39 is 0 Å². The van der Waals surface area contributed by atoms with Gasteiger partial charge in [0.2, 0.25) is 5.95 Å². The van der Waals surface area contributed by atoms with Gasteiger partial charge < -0.3 is 19.7 Å². The van der Waals surface area contributed by atoms with Gasteiger partial charge in [0.05, 0.1) is 35.7 Å². The van der Waals surface area contributed by atoms with Crippen molar-refractivity contribution in [2.45, 2.75) is 44.1 Å². The van der Waals surface area contributed by atoms with Gasteiger partial charge >= 0.3 is 0 Å². The number of hydrogen-bond acceptors (Lipinski definition) is 7. The van der Waals surface area contributed by atoms with Crippen molar-refractivity contribution in [1.82, 2.24) is 20.3 Å². The van der Waals surface area contributed by atoms with Crippen molar-refractivity contribution >= 4 is 16.9 Å². The Hall–Kier alpha value is -2.61. The van der Waals surface area contributed by atoms with Crippen LogP contribution in [0.1, 0.15) is 31.6 Å². The maximum absolute atomic E-state index is 6.17. The third kappa shape index (κ3) is 3.56. The highest BCUT2D eigenvalue weighted by Crippen LogP contribution is 2.33. The lowest BCUT2D eigenvalue weighted by Crippen LogP contribution is -2.44. The Balaban J connectivity index is 1.47. The molecule has 7 nitrogen and oxygen atoms in total. The Labute approximate surface area is 181 Å². The summed E-state index contributed by atoms with van der Waals surface area (Å²) in [5.74, 6) is 0.772. The molecule has 3 aliphatic heterocycles. The van der Waals surface area contributed by atoms with Crippen LogP contribution in [0.4, 0.5) is 5.95 Å².